The Morgan fingerprint density at radius 1 is 1.50 bits per heavy atom. The Morgan fingerprint density at radius 2 is 2.07 bits per heavy atom. The van der Waals surface area contributed by atoms with Crippen molar-refractivity contribution in [3.8, 4) is 0 Å². The molecule has 4 atom stereocenters. The second-order valence-electron chi connectivity index (χ2n) is 3.18. The molecule has 0 radical (unpaired) electrons. The quantitative estimate of drug-likeness (QED) is 0.396. The fourth-order valence-corrected chi connectivity index (χ4v) is 1.33. The molecule has 5 N–H and O–H groups in total. The van der Waals surface area contributed by atoms with Crippen LogP contribution in [0.25, 0.3) is 0 Å². The number of hydrogen-bond acceptors (Lipinski definition) is 5. The molecule has 7 heteroatoms. The van der Waals surface area contributed by atoms with Crippen LogP contribution in [0.2, 0.25) is 0 Å². The van der Waals surface area contributed by atoms with Gasteiger partial charge in [-0.15, -0.1) is 0 Å². The average molecular weight is 206 g/mol. The minimum atomic E-state index is -1.26. The Morgan fingerprint density at radius 3 is 2.43 bits per heavy atom. The van der Waals surface area contributed by atoms with Gasteiger partial charge in [-0.2, -0.15) is 0 Å². The molecule has 1 saturated heterocycles. The van der Waals surface area contributed by atoms with Gasteiger partial charge in [0.25, 0.3) is 0 Å². The van der Waals surface area contributed by atoms with E-state index in [9.17, 15) is 15.0 Å². The molecule has 14 heavy (non-hydrogen) atoms. The molecule has 1 aliphatic rings. The second-order valence-corrected chi connectivity index (χ2v) is 3.18. The van der Waals surface area contributed by atoms with Gasteiger partial charge in [0.05, 0.1) is 6.61 Å². The van der Waals surface area contributed by atoms with Gasteiger partial charge in [0.15, 0.2) is 6.23 Å². The van der Waals surface area contributed by atoms with E-state index in [1.807, 2.05) is 0 Å². The minimum absolute atomic E-state index is 0.429. The largest absolute Gasteiger partial charge is 0.394 e. The van der Waals surface area contributed by atoms with Gasteiger partial charge >= 0.3 is 6.03 Å². The first-order chi connectivity index (χ1) is 6.49. The van der Waals surface area contributed by atoms with Crippen LogP contribution in [0.4, 0.5) is 4.79 Å². The molecule has 0 saturated carbocycles. The standard InChI is InChI=1S/C7H14N2O5/c1-9(7(8)13)6-5(12)4(11)3(2-10)14-6/h3-6,10-12H,2H2,1H3,(H2,8,13). The van der Waals surface area contributed by atoms with E-state index in [0.717, 1.165) is 4.90 Å². The van der Waals surface area contributed by atoms with Crippen LogP contribution >= 0.6 is 0 Å². The molecule has 0 aromatic carbocycles. The van der Waals surface area contributed by atoms with Crippen LogP contribution in [0.5, 0.6) is 0 Å². The molecular weight excluding hydrogens is 192 g/mol. The monoisotopic (exact) mass is 206 g/mol. The summed E-state index contributed by atoms with van der Waals surface area (Å²) in [6.45, 7) is -0.429. The van der Waals surface area contributed by atoms with Crippen LogP contribution in [-0.4, -0.2) is 64.4 Å². The summed E-state index contributed by atoms with van der Waals surface area (Å²) in [5.74, 6) is 0. The number of nitrogens with two attached hydrogens (primary N) is 1. The SMILES string of the molecule is CN(C(N)=O)C1OC(CO)C(O)C1O. The number of carbonyl (C=O) groups excluding carboxylic acids is 1. The second kappa shape index (κ2) is 4.09. The van der Waals surface area contributed by atoms with Crippen molar-refractivity contribution in [2.45, 2.75) is 24.5 Å². The minimum Gasteiger partial charge on any atom is -0.394 e. The molecule has 1 fully saturated rings. The number of carbonyl (C=O) groups is 1. The number of ether oxygens (including phenoxy) is 1. The Hall–Kier alpha value is -0.890. The van der Waals surface area contributed by atoms with Crippen molar-refractivity contribution in [2.75, 3.05) is 13.7 Å². The van der Waals surface area contributed by atoms with Crippen LogP contribution in [0.15, 0.2) is 0 Å². The maximum absolute atomic E-state index is 10.7. The van der Waals surface area contributed by atoms with Crippen molar-refractivity contribution in [1.29, 1.82) is 0 Å². The number of aliphatic hydroxyl groups is 3. The van der Waals surface area contributed by atoms with Crippen molar-refractivity contribution in [2.24, 2.45) is 5.73 Å². The molecule has 4 unspecified atom stereocenters. The maximum atomic E-state index is 10.7. The molecule has 0 aromatic rings. The summed E-state index contributed by atoms with van der Waals surface area (Å²) in [6, 6.07) is -0.778. The molecule has 0 bridgehead atoms. The first-order valence-electron chi connectivity index (χ1n) is 4.13. The Kier molecular flexibility index (Phi) is 3.27. The van der Waals surface area contributed by atoms with Gasteiger partial charge in [-0.3, -0.25) is 4.90 Å². The lowest BCUT2D eigenvalue weighted by molar-refractivity contribution is -0.0703. The number of hydrogen-bond donors (Lipinski definition) is 4. The van der Waals surface area contributed by atoms with Gasteiger partial charge < -0.3 is 25.8 Å². The van der Waals surface area contributed by atoms with E-state index in [1.165, 1.54) is 7.05 Å². The molecule has 0 aromatic heterocycles. The third-order valence-electron chi connectivity index (χ3n) is 2.25. The van der Waals surface area contributed by atoms with E-state index < -0.39 is 37.2 Å². The van der Waals surface area contributed by atoms with E-state index in [0.29, 0.717) is 0 Å². The lowest BCUT2D eigenvalue weighted by Crippen LogP contribution is -2.47. The maximum Gasteiger partial charge on any atom is 0.316 e. The van der Waals surface area contributed by atoms with Crippen molar-refractivity contribution in [3.63, 3.8) is 0 Å². The van der Waals surface area contributed by atoms with Crippen LogP contribution in [0.3, 0.4) is 0 Å². The lowest BCUT2D eigenvalue weighted by Gasteiger charge is -2.24. The van der Waals surface area contributed by atoms with Crippen molar-refractivity contribution in [3.05, 3.63) is 0 Å². The van der Waals surface area contributed by atoms with Crippen LogP contribution < -0.4 is 5.73 Å². The molecule has 1 rings (SSSR count). The molecule has 1 aliphatic heterocycles. The zero-order chi connectivity index (χ0) is 10.9. The van der Waals surface area contributed by atoms with Crippen molar-refractivity contribution >= 4 is 6.03 Å². The van der Waals surface area contributed by atoms with Gasteiger partial charge in [0.2, 0.25) is 0 Å². The summed E-state index contributed by atoms with van der Waals surface area (Å²) < 4.78 is 5.03. The Bertz CT molecular complexity index is 224. The van der Waals surface area contributed by atoms with Gasteiger partial charge in [-0.25, -0.2) is 4.79 Å². The number of likely N-dealkylation sites (N-methyl/N-ethyl adjacent to an activating group) is 1. The molecular formula is C7H14N2O5. The van der Waals surface area contributed by atoms with Crippen molar-refractivity contribution in [1.82, 2.24) is 4.90 Å². The highest BCUT2D eigenvalue weighted by molar-refractivity contribution is 5.71. The molecule has 7 nitrogen and oxygen atoms in total. The van der Waals surface area contributed by atoms with Crippen molar-refractivity contribution < 1.29 is 24.9 Å². The zero-order valence-corrected chi connectivity index (χ0v) is 7.70. The summed E-state index contributed by atoms with van der Waals surface area (Å²) in [4.78, 5) is 11.7. The molecule has 82 valence electrons. The predicted molar refractivity (Wildman–Crippen MR) is 45.1 cm³/mol. The highest BCUT2D eigenvalue weighted by atomic mass is 16.6. The van der Waals surface area contributed by atoms with E-state index in [4.69, 9.17) is 15.6 Å². The summed E-state index contributed by atoms with van der Waals surface area (Å²) >= 11 is 0. The smallest absolute Gasteiger partial charge is 0.316 e. The number of urea groups is 1. The Balaban J connectivity index is 2.69. The number of aliphatic hydroxyl groups excluding tert-OH is 3. The Labute approximate surface area is 80.7 Å². The van der Waals surface area contributed by atoms with Crippen LogP contribution in [0.1, 0.15) is 0 Å². The summed E-state index contributed by atoms with van der Waals surface area (Å²) in [6.07, 6.45) is -4.38. The number of nitrogens with zero attached hydrogens (tertiary/aromatic N) is 1. The predicted octanol–water partition coefficient (Wildman–Crippen LogP) is -2.56. The molecule has 0 spiro atoms. The molecule has 2 amide bonds. The van der Waals surface area contributed by atoms with Crippen LogP contribution in [0, 0.1) is 0 Å². The van der Waals surface area contributed by atoms with E-state index >= 15 is 0 Å². The molecule has 1 heterocycles. The third kappa shape index (κ3) is 1.80. The fourth-order valence-electron chi connectivity index (χ4n) is 1.33. The van der Waals surface area contributed by atoms with Gasteiger partial charge in [0, 0.05) is 7.05 Å². The first-order valence-corrected chi connectivity index (χ1v) is 4.13. The van der Waals surface area contributed by atoms with Gasteiger partial charge in [-0.1, -0.05) is 0 Å². The molecule has 0 aliphatic carbocycles. The lowest BCUT2D eigenvalue weighted by atomic mass is 10.1. The van der Waals surface area contributed by atoms with Crippen LogP contribution in [-0.2, 0) is 4.74 Å². The first kappa shape index (κ1) is 11.2. The number of amides is 2. The normalized spacial score (nSPS) is 37.1. The third-order valence-corrected chi connectivity index (χ3v) is 2.25. The highest BCUT2D eigenvalue weighted by Gasteiger charge is 2.45. The van der Waals surface area contributed by atoms with E-state index in [-0.39, 0.29) is 0 Å². The summed E-state index contributed by atoms with van der Waals surface area (Å²) in [5.41, 5.74) is 4.96. The fraction of sp³-hybridized carbons (Fsp3) is 0.857. The summed E-state index contributed by atoms with van der Waals surface area (Å²) in [5, 5.41) is 27.5. The van der Waals surface area contributed by atoms with Gasteiger partial charge in [0.1, 0.15) is 18.3 Å². The number of primary amides is 1. The van der Waals surface area contributed by atoms with Gasteiger partial charge in [-0.05, 0) is 0 Å². The summed E-state index contributed by atoms with van der Waals surface area (Å²) in [7, 11) is 1.34. The highest BCUT2D eigenvalue weighted by Crippen LogP contribution is 2.22. The topological polar surface area (TPSA) is 116 Å². The zero-order valence-electron chi connectivity index (χ0n) is 7.70. The number of rotatable bonds is 2. The van der Waals surface area contributed by atoms with E-state index in [1.54, 1.807) is 0 Å². The van der Waals surface area contributed by atoms with E-state index in [2.05, 4.69) is 0 Å². The average Bonchev–Trinajstić information content (AvgIpc) is 2.43.